The Labute approximate surface area is 147 Å². The van der Waals surface area contributed by atoms with Crippen LogP contribution in [0.5, 0.6) is 0 Å². The largest absolute Gasteiger partial charge is 0.303 e. The van der Waals surface area contributed by atoms with Crippen molar-refractivity contribution in [2.45, 2.75) is 40.3 Å². The number of hydrogen-bond acceptors (Lipinski definition) is 4. The maximum absolute atomic E-state index is 12.3. The SMILES string of the molecule is Cc1cccnc1[C@@H](NCc1cc(=O)n2cccc(C)c2n1)C(C)C. The van der Waals surface area contributed by atoms with E-state index < -0.39 is 0 Å². The summed E-state index contributed by atoms with van der Waals surface area (Å²) in [4.78, 5) is 21.5. The lowest BCUT2D eigenvalue weighted by molar-refractivity contribution is 0.398. The molecule has 3 rings (SSSR count). The topological polar surface area (TPSA) is 59.3 Å². The summed E-state index contributed by atoms with van der Waals surface area (Å²) in [7, 11) is 0. The van der Waals surface area contributed by atoms with Gasteiger partial charge in [0.1, 0.15) is 5.65 Å². The van der Waals surface area contributed by atoms with Crippen molar-refractivity contribution >= 4 is 5.65 Å². The van der Waals surface area contributed by atoms with E-state index in [0.29, 0.717) is 18.1 Å². The Morgan fingerprint density at radius 2 is 1.92 bits per heavy atom. The average molecular weight is 336 g/mol. The van der Waals surface area contributed by atoms with Crippen molar-refractivity contribution in [2.75, 3.05) is 0 Å². The van der Waals surface area contributed by atoms with Gasteiger partial charge in [0.2, 0.25) is 0 Å². The summed E-state index contributed by atoms with van der Waals surface area (Å²) >= 11 is 0. The summed E-state index contributed by atoms with van der Waals surface area (Å²) < 4.78 is 1.58. The van der Waals surface area contributed by atoms with Crippen LogP contribution >= 0.6 is 0 Å². The summed E-state index contributed by atoms with van der Waals surface area (Å²) in [6.45, 7) is 8.90. The van der Waals surface area contributed by atoms with Gasteiger partial charge in [0, 0.05) is 25.0 Å². The number of nitrogens with one attached hydrogen (secondary N) is 1. The fourth-order valence-corrected chi connectivity index (χ4v) is 3.09. The molecule has 0 aromatic carbocycles. The first-order chi connectivity index (χ1) is 12.0. The molecule has 1 N–H and O–H groups in total. The minimum absolute atomic E-state index is 0.0550. The standard InChI is InChI=1S/C20H24N4O/c1-13(2)18(19-14(3)7-5-9-21-19)22-12-16-11-17(25)24-10-6-8-15(4)20(24)23-16/h5-11,13,18,22H,12H2,1-4H3/t18-/m0/s1. The van der Waals surface area contributed by atoms with Gasteiger partial charge in [-0.2, -0.15) is 0 Å². The van der Waals surface area contributed by atoms with E-state index in [1.807, 2.05) is 31.3 Å². The van der Waals surface area contributed by atoms with Crippen LogP contribution in [0.25, 0.3) is 5.65 Å². The first-order valence-corrected chi connectivity index (χ1v) is 8.60. The third-order valence-electron chi connectivity index (χ3n) is 4.45. The van der Waals surface area contributed by atoms with Gasteiger partial charge >= 0.3 is 0 Å². The summed E-state index contributed by atoms with van der Waals surface area (Å²) in [6.07, 6.45) is 3.58. The molecular weight excluding hydrogens is 312 g/mol. The predicted octanol–water partition coefficient (Wildman–Crippen LogP) is 3.19. The Kier molecular flexibility index (Phi) is 4.95. The van der Waals surface area contributed by atoms with Crippen LogP contribution in [-0.4, -0.2) is 14.4 Å². The highest BCUT2D eigenvalue weighted by molar-refractivity contribution is 5.46. The van der Waals surface area contributed by atoms with Crippen LogP contribution in [0.1, 0.15) is 42.4 Å². The van der Waals surface area contributed by atoms with E-state index in [9.17, 15) is 4.79 Å². The second kappa shape index (κ2) is 7.15. The number of nitrogens with zero attached hydrogens (tertiary/aromatic N) is 3. The van der Waals surface area contributed by atoms with Crippen molar-refractivity contribution in [1.82, 2.24) is 19.7 Å². The van der Waals surface area contributed by atoms with Crippen LogP contribution in [0.15, 0.2) is 47.5 Å². The number of aromatic nitrogens is 3. The molecule has 3 heterocycles. The van der Waals surface area contributed by atoms with E-state index in [-0.39, 0.29) is 11.6 Å². The van der Waals surface area contributed by atoms with Crippen LogP contribution in [0.2, 0.25) is 0 Å². The third kappa shape index (κ3) is 3.61. The fourth-order valence-electron chi connectivity index (χ4n) is 3.09. The number of pyridine rings is 2. The molecule has 0 fully saturated rings. The molecule has 1 atom stereocenters. The number of hydrogen-bond donors (Lipinski definition) is 1. The maximum atomic E-state index is 12.3. The summed E-state index contributed by atoms with van der Waals surface area (Å²) in [6, 6.07) is 9.56. The lowest BCUT2D eigenvalue weighted by atomic mass is 9.97. The van der Waals surface area contributed by atoms with Gasteiger partial charge in [-0.3, -0.25) is 14.2 Å². The summed E-state index contributed by atoms with van der Waals surface area (Å²) in [5.74, 6) is 0.372. The first kappa shape index (κ1) is 17.3. The molecule has 0 bridgehead atoms. The van der Waals surface area contributed by atoms with Crippen molar-refractivity contribution in [3.05, 3.63) is 75.6 Å². The zero-order valence-corrected chi connectivity index (χ0v) is 15.2. The molecular formula is C20H24N4O. The Hall–Kier alpha value is -2.53. The van der Waals surface area contributed by atoms with Crippen molar-refractivity contribution in [3.8, 4) is 0 Å². The van der Waals surface area contributed by atoms with Crippen molar-refractivity contribution in [2.24, 2.45) is 5.92 Å². The molecule has 0 radical (unpaired) electrons. The minimum atomic E-state index is -0.0550. The van der Waals surface area contributed by atoms with Gasteiger partial charge in [0.05, 0.1) is 17.4 Å². The Morgan fingerprint density at radius 3 is 2.64 bits per heavy atom. The van der Waals surface area contributed by atoms with E-state index in [1.165, 1.54) is 0 Å². The van der Waals surface area contributed by atoms with Gasteiger partial charge in [-0.25, -0.2) is 4.98 Å². The molecule has 0 saturated carbocycles. The molecule has 0 aliphatic carbocycles. The second-order valence-corrected chi connectivity index (χ2v) is 6.78. The number of aryl methyl sites for hydroxylation is 2. The molecule has 0 aliphatic heterocycles. The van der Waals surface area contributed by atoms with Crippen LogP contribution in [0.3, 0.4) is 0 Å². The number of rotatable bonds is 5. The Morgan fingerprint density at radius 1 is 1.16 bits per heavy atom. The van der Waals surface area contributed by atoms with E-state index in [4.69, 9.17) is 0 Å². The monoisotopic (exact) mass is 336 g/mol. The highest BCUT2D eigenvalue weighted by atomic mass is 16.1. The predicted molar refractivity (Wildman–Crippen MR) is 99.6 cm³/mol. The van der Waals surface area contributed by atoms with Gasteiger partial charge in [-0.1, -0.05) is 26.0 Å². The van der Waals surface area contributed by atoms with Crippen LogP contribution in [0, 0.1) is 19.8 Å². The van der Waals surface area contributed by atoms with E-state index in [1.54, 1.807) is 16.7 Å². The lowest BCUT2D eigenvalue weighted by Crippen LogP contribution is -2.28. The Bertz CT molecular complexity index is 946. The normalized spacial score (nSPS) is 12.7. The quantitative estimate of drug-likeness (QED) is 0.777. The van der Waals surface area contributed by atoms with Crippen molar-refractivity contribution in [3.63, 3.8) is 0 Å². The molecule has 5 nitrogen and oxygen atoms in total. The fraction of sp³-hybridized carbons (Fsp3) is 0.350. The minimum Gasteiger partial charge on any atom is -0.303 e. The van der Waals surface area contributed by atoms with Gasteiger partial charge in [-0.15, -0.1) is 0 Å². The molecule has 3 aromatic rings. The summed E-state index contributed by atoms with van der Waals surface area (Å²) in [5.41, 5.74) is 4.60. The average Bonchev–Trinajstić information content (AvgIpc) is 2.57. The Balaban J connectivity index is 1.89. The van der Waals surface area contributed by atoms with E-state index >= 15 is 0 Å². The van der Waals surface area contributed by atoms with Crippen molar-refractivity contribution in [1.29, 1.82) is 0 Å². The maximum Gasteiger partial charge on any atom is 0.258 e. The third-order valence-corrected chi connectivity index (χ3v) is 4.45. The van der Waals surface area contributed by atoms with E-state index in [0.717, 1.165) is 22.5 Å². The molecule has 0 aliphatic rings. The zero-order chi connectivity index (χ0) is 18.0. The van der Waals surface area contributed by atoms with Crippen LogP contribution in [-0.2, 0) is 6.54 Å². The first-order valence-electron chi connectivity index (χ1n) is 8.60. The van der Waals surface area contributed by atoms with Gasteiger partial charge < -0.3 is 5.32 Å². The smallest absolute Gasteiger partial charge is 0.258 e. The zero-order valence-electron chi connectivity index (χ0n) is 15.2. The van der Waals surface area contributed by atoms with Gasteiger partial charge in [-0.05, 0) is 43.0 Å². The van der Waals surface area contributed by atoms with Gasteiger partial charge in [0.25, 0.3) is 5.56 Å². The second-order valence-electron chi connectivity index (χ2n) is 6.78. The highest BCUT2D eigenvalue weighted by Crippen LogP contribution is 2.22. The van der Waals surface area contributed by atoms with Crippen LogP contribution < -0.4 is 10.9 Å². The highest BCUT2D eigenvalue weighted by Gasteiger charge is 2.19. The van der Waals surface area contributed by atoms with E-state index in [2.05, 4.69) is 42.1 Å². The molecule has 0 amide bonds. The van der Waals surface area contributed by atoms with Crippen molar-refractivity contribution < 1.29 is 0 Å². The van der Waals surface area contributed by atoms with Gasteiger partial charge in [0.15, 0.2) is 0 Å². The molecule has 5 heteroatoms. The molecule has 0 spiro atoms. The lowest BCUT2D eigenvalue weighted by Gasteiger charge is -2.23. The molecule has 130 valence electrons. The molecule has 25 heavy (non-hydrogen) atoms. The molecule has 0 saturated heterocycles. The van der Waals surface area contributed by atoms with Crippen LogP contribution in [0.4, 0.5) is 0 Å². The molecule has 0 unspecified atom stereocenters. The molecule has 3 aromatic heterocycles. The number of fused-ring (bicyclic) bond motifs is 1. The summed E-state index contributed by atoms with van der Waals surface area (Å²) in [5, 5.41) is 3.53.